The summed E-state index contributed by atoms with van der Waals surface area (Å²) >= 11 is 7.06. The van der Waals surface area contributed by atoms with Crippen molar-refractivity contribution in [2.75, 3.05) is 20.3 Å². The van der Waals surface area contributed by atoms with Gasteiger partial charge in [-0.15, -0.1) is 13.0 Å². The molecule has 0 radical (unpaired) electrons. The first-order valence-electron chi connectivity index (χ1n) is 6.81. The first-order valence-corrected chi connectivity index (χ1v) is 8.01. The minimum atomic E-state index is -0.368. The van der Waals surface area contributed by atoms with Crippen molar-refractivity contribution in [1.82, 2.24) is 4.90 Å². The number of hydrogen-bond donors (Lipinski definition) is 0. The number of ether oxygens (including phenoxy) is 2. The quantitative estimate of drug-likeness (QED) is 0.439. The van der Waals surface area contributed by atoms with Crippen molar-refractivity contribution >= 4 is 40.6 Å². The van der Waals surface area contributed by atoms with Crippen molar-refractivity contribution in [3.63, 3.8) is 0 Å². The third-order valence-electron chi connectivity index (χ3n) is 3.03. The number of benzene rings is 1. The lowest BCUT2D eigenvalue weighted by molar-refractivity contribution is -0.122. The van der Waals surface area contributed by atoms with Gasteiger partial charge in [-0.2, -0.15) is 0 Å². The number of carbonyl (C=O) groups is 2. The highest BCUT2D eigenvalue weighted by atomic mass is 35.5. The minimum Gasteiger partial charge on any atom is -0.493 e. The Labute approximate surface area is 149 Å². The van der Waals surface area contributed by atoms with Gasteiger partial charge in [-0.05, 0) is 35.5 Å². The van der Waals surface area contributed by atoms with Gasteiger partial charge in [0.05, 0.1) is 17.0 Å². The van der Waals surface area contributed by atoms with Crippen LogP contribution in [0.25, 0.3) is 6.08 Å². The van der Waals surface area contributed by atoms with Gasteiger partial charge in [-0.25, -0.2) is 0 Å². The van der Waals surface area contributed by atoms with Crippen LogP contribution in [-0.2, 0) is 4.79 Å². The molecule has 5 nitrogen and oxygen atoms in total. The Bertz CT molecular complexity index is 767. The van der Waals surface area contributed by atoms with Crippen LogP contribution in [0.3, 0.4) is 0 Å². The van der Waals surface area contributed by atoms with Crippen LogP contribution >= 0.6 is 23.4 Å². The van der Waals surface area contributed by atoms with Crippen LogP contribution in [0.2, 0.25) is 5.02 Å². The van der Waals surface area contributed by atoms with Gasteiger partial charge in [0.2, 0.25) is 0 Å². The summed E-state index contributed by atoms with van der Waals surface area (Å²) in [5.74, 6) is 2.69. The maximum atomic E-state index is 12.2. The average Bonchev–Trinajstić information content (AvgIpc) is 2.81. The van der Waals surface area contributed by atoms with E-state index in [1.807, 2.05) is 0 Å². The summed E-state index contributed by atoms with van der Waals surface area (Å²) in [7, 11) is 1.47. The molecule has 1 aliphatic heterocycles. The second-order valence-electron chi connectivity index (χ2n) is 4.61. The molecule has 124 valence electrons. The summed E-state index contributed by atoms with van der Waals surface area (Å²) in [6.07, 6.45) is 8.24. The van der Waals surface area contributed by atoms with E-state index < -0.39 is 0 Å². The molecule has 0 unspecified atom stereocenters. The highest BCUT2D eigenvalue weighted by Crippen LogP contribution is 2.38. The molecule has 0 N–H and O–H groups in total. The normalized spacial score (nSPS) is 15.5. The predicted molar refractivity (Wildman–Crippen MR) is 95.2 cm³/mol. The number of thioether (sulfide) groups is 1. The fraction of sp³-hybridized carbons (Fsp3) is 0.176. The Morgan fingerprint density at radius 3 is 2.83 bits per heavy atom. The lowest BCUT2D eigenvalue weighted by Gasteiger charge is -2.12. The van der Waals surface area contributed by atoms with E-state index in [2.05, 4.69) is 12.5 Å². The number of hydrogen-bond acceptors (Lipinski definition) is 5. The second-order valence-corrected chi connectivity index (χ2v) is 6.01. The van der Waals surface area contributed by atoms with Gasteiger partial charge in [0, 0.05) is 6.54 Å². The number of terminal acetylenes is 1. The van der Waals surface area contributed by atoms with Crippen LogP contribution in [0, 0.1) is 12.3 Å². The highest BCUT2D eigenvalue weighted by molar-refractivity contribution is 8.18. The van der Waals surface area contributed by atoms with Crippen LogP contribution in [-0.4, -0.2) is 36.3 Å². The largest absolute Gasteiger partial charge is 0.493 e. The lowest BCUT2D eigenvalue weighted by Crippen LogP contribution is -2.27. The van der Waals surface area contributed by atoms with Gasteiger partial charge < -0.3 is 9.47 Å². The highest BCUT2D eigenvalue weighted by Gasteiger charge is 2.34. The molecular weight excluding hydrogens is 350 g/mol. The van der Waals surface area contributed by atoms with Crippen LogP contribution in [0.4, 0.5) is 4.79 Å². The smallest absolute Gasteiger partial charge is 0.293 e. The van der Waals surface area contributed by atoms with Crippen LogP contribution in [0.1, 0.15) is 5.56 Å². The first-order chi connectivity index (χ1) is 11.5. The Morgan fingerprint density at radius 2 is 2.21 bits per heavy atom. The predicted octanol–water partition coefficient (Wildman–Crippen LogP) is 3.58. The van der Waals surface area contributed by atoms with Crippen molar-refractivity contribution in [3.8, 4) is 23.8 Å². The lowest BCUT2D eigenvalue weighted by atomic mass is 10.1. The zero-order valence-corrected chi connectivity index (χ0v) is 14.4. The maximum absolute atomic E-state index is 12.2. The Balaban J connectivity index is 2.35. The van der Waals surface area contributed by atoms with Crippen molar-refractivity contribution in [3.05, 3.63) is 40.3 Å². The second kappa shape index (κ2) is 7.95. The Kier molecular flexibility index (Phi) is 5.96. The third-order valence-corrected chi connectivity index (χ3v) is 4.22. The topological polar surface area (TPSA) is 55.8 Å². The molecule has 0 atom stereocenters. The number of methoxy groups -OCH3 is 1. The molecule has 2 amide bonds. The van der Waals surface area contributed by atoms with Gasteiger partial charge in [0.15, 0.2) is 11.5 Å². The summed E-state index contributed by atoms with van der Waals surface area (Å²) in [4.78, 5) is 25.5. The van der Waals surface area contributed by atoms with Gasteiger partial charge in [-0.1, -0.05) is 23.6 Å². The summed E-state index contributed by atoms with van der Waals surface area (Å²) in [6, 6.07) is 3.26. The fourth-order valence-electron chi connectivity index (χ4n) is 2.01. The third kappa shape index (κ3) is 3.75. The first kappa shape index (κ1) is 18.0. The molecule has 0 saturated carbocycles. The maximum Gasteiger partial charge on any atom is 0.293 e. The summed E-state index contributed by atoms with van der Waals surface area (Å²) in [6.45, 7) is 3.76. The van der Waals surface area contributed by atoms with Crippen molar-refractivity contribution in [1.29, 1.82) is 0 Å². The van der Waals surface area contributed by atoms with Crippen molar-refractivity contribution in [2.45, 2.75) is 0 Å². The van der Waals surface area contributed by atoms with Gasteiger partial charge in [-0.3, -0.25) is 14.5 Å². The molecule has 2 rings (SSSR count). The zero-order valence-electron chi connectivity index (χ0n) is 12.9. The standard InChI is InChI=1S/C17H14ClNO4S/c1-4-6-19-16(20)14(24-17(19)21)10-11-8-12(18)15(23-7-5-2)13(9-11)22-3/h2,4,8-10H,1,6-7H2,3H3/b14-10+. The van der Waals surface area contributed by atoms with Crippen LogP contribution in [0.5, 0.6) is 11.5 Å². The number of nitrogens with zero attached hydrogens (tertiary/aromatic N) is 1. The van der Waals surface area contributed by atoms with E-state index >= 15 is 0 Å². The van der Waals surface area contributed by atoms with Gasteiger partial charge >= 0.3 is 0 Å². The monoisotopic (exact) mass is 363 g/mol. The number of amides is 2. The number of rotatable bonds is 6. The number of halogens is 1. The van der Waals surface area contributed by atoms with E-state index in [9.17, 15) is 9.59 Å². The van der Waals surface area contributed by atoms with Gasteiger partial charge in [0.1, 0.15) is 6.61 Å². The van der Waals surface area contributed by atoms with E-state index in [4.69, 9.17) is 27.5 Å². The number of carbonyl (C=O) groups excluding carboxylic acids is 2. The van der Waals surface area contributed by atoms with E-state index in [0.717, 1.165) is 16.7 Å². The molecule has 1 aromatic rings. The van der Waals surface area contributed by atoms with Crippen molar-refractivity contribution in [2.24, 2.45) is 0 Å². The molecule has 7 heteroatoms. The Hall–Kier alpha value is -2.36. The molecule has 1 saturated heterocycles. The SMILES string of the molecule is C#CCOc1c(Cl)cc(/C=C2/SC(=O)N(CC=C)C2=O)cc1OC. The van der Waals surface area contributed by atoms with Crippen molar-refractivity contribution < 1.29 is 19.1 Å². The van der Waals surface area contributed by atoms with E-state index in [1.54, 1.807) is 18.2 Å². The summed E-state index contributed by atoms with van der Waals surface area (Å²) in [5, 5.41) is -0.0423. The molecule has 24 heavy (non-hydrogen) atoms. The molecule has 1 fully saturated rings. The van der Waals surface area contributed by atoms with Crippen LogP contribution in [0.15, 0.2) is 29.7 Å². The van der Waals surface area contributed by atoms with Crippen LogP contribution < -0.4 is 9.47 Å². The molecule has 0 aromatic heterocycles. The molecule has 0 aliphatic carbocycles. The fourth-order valence-corrected chi connectivity index (χ4v) is 3.14. The number of imide groups is 1. The zero-order chi connectivity index (χ0) is 17.7. The van der Waals surface area contributed by atoms with Gasteiger partial charge in [0.25, 0.3) is 11.1 Å². The Morgan fingerprint density at radius 1 is 1.46 bits per heavy atom. The molecule has 1 aromatic carbocycles. The average molecular weight is 364 g/mol. The molecule has 0 spiro atoms. The molecule has 0 bridgehead atoms. The van der Waals surface area contributed by atoms with E-state index in [0.29, 0.717) is 27.0 Å². The van der Waals surface area contributed by atoms with E-state index in [-0.39, 0.29) is 24.3 Å². The summed E-state index contributed by atoms with van der Waals surface area (Å²) < 4.78 is 10.6. The summed E-state index contributed by atoms with van der Waals surface area (Å²) in [5.41, 5.74) is 0.606. The molecule has 1 heterocycles. The molecular formula is C17H14ClNO4S. The minimum absolute atomic E-state index is 0.0515. The molecule has 1 aliphatic rings. The van der Waals surface area contributed by atoms with E-state index in [1.165, 1.54) is 13.2 Å².